The molecule has 0 aromatic heterocycles. The highest BCUT2D eigenvalue weighted by Gasteiger charge is 2.47. The Hall–Kier alpha value is -3.16. The summed E-state index contributed by atoms with van der Waals surface area (Å²) >= 11 is 0. The fourth-order valence-corrected chi connectivity index (χ4v) is 3.05. The van der Waals surface area contributed by atoms with Gasteiger partial charge in [0.05, 0.1) is 11.3 Å². The van der Waals surface area contributed by atoms with E-state index >= 15 is 0 Å². The van der Waals surface area contributed by atoms with Gasteiger partial charge in [-0.1, -0.05) is 18.2 Å². The molecule has 0 saturated heterocycles. The summed E-state index contributed by atoms with van der Waals surface area (Å²) in [7, 11) is 0. The largest absolute Gasteiger partial charge is 0.586 e. The number of hydrogen-bond donors (Lipinski definition) is 2. The van der Waals surface area contributed by atoms with Gasteiger partial charge < -0.3 is 19.9 Å². The van der Waals surface area contributed by atoms with Crippen molar-refractivity contribution >= 4 is 17.6 Å². The van der Waals surface area contributed by atoms with Gasteiger partial charge in [-0.2, -0.15) is 0 Å². The molecule has 1 amide bonds. The monoisotopic (exact) mass is 361 g/mol. The van der Waals surface area contributed by atoms with Crippen LogP contribution in [0.4, 0.5) is 14.5 Å². The number of nitrogens with one attached hydrogen (secondary N) is 1. The van der Waals surface area contributed by atoms with Crippen LogP contribution >= 0.6 is 0 Å². The van der Waals surface area contributed by atoms with Gasteiger partial charge in [-0.05, 0) is 42.2 Å². The molecular weight excluding hydrogens is 348 g/mol. The van der Waals surface area contributed by atoms with Crippen LogP contribution < -0.4 is 14.8 Å². The molecule has 0 spiro atoms. The van der Waals surface area contributed by atoms with E-state index in [1.54, 1.807) is 18.2 Å². The van der Waals surface area contributed by atoms with Gasteiger partial charge in [-0.3, -0.25) is 4.79 Å². The van der Waals surface area contributed by atoms with Crippen molar-refractivity contribution in [2.45, 2.75) is 18.6 Å². The molecular formula is C18H13F2NO5. The number of alkyl halides is 2. The highest BCUT2D eigenvalue weighted by atomic mass is 19.3. The van der Waals surface area contributed by atoms with E-state index in [1.165, 1.54) is 24.3 Å². The van der Waals surface area contributed by atoms with E-state index in [-0.39, 0.29) is 40.5 Å². The van der Waals surface area contributed by atoms with Crippen LogP contribution in [0.2, 0.25) is 0 Å². The number of anilines is 1. The van der Waals surface area contributed by atoms with Crippen molar-refractivity contribution in [3.05, 3.63) is 53.6 Å². The lowest BCUT2D eigenvalue weighted by Gasteiger charge is -2.08. The normalized spacial score (nSPS) is 21.9. The van der Waals surface area contributed by atoms with E-state index in [0.717, 1.165) is 0 Å². The summed E-state index contributed by atoms with van der Waals surface area (Å²) in [6.07, 6.45) is -3.14. The topological polar surface area (TPSA) is 84.9 Å². The number of halogens is 2. The maximum atomic E-state index is 13.1. The smallest absolute Gasteiger partial charge is 0.478 e. The standard InChI is InChI=1S/C18H13F2NO5/c19-18(20)25-14-6-5-9(7-15(14)26-18)11-8-12(11)16(22)21-13-4-2-1-3-10(13)17(23)24/h1-7,11-12H,8H2,(H,21,22)(H,23,24). The first kappa shape index (κ1) is 16.3. The number of para-hydroxylation sites is 1. The average molecular weight is 361 g/mol. The van der Waals surface area contributed by atoms with Crippen LogP contribution in [0.5, 0.6) is 11.5 Å². The van der Waals surface area contributed by atoms with Crippen LogP contribution in [0.3, 0.4) is 0 Å². The summed E-state index contributed by atoms with van der Waals surface area (Å²) in [5, 5.41) is 11.8. The molecule has 2 atom stereocenters. The number of benzene rings is 2. The summed E-state index contributed by atoms with van der Waals surface area (Å²) in [6.45, 7) is 0. The summed E-state index contributed by atoms with van der Waals surface area (Å²) in [4.78, 5) is 23.6. The third-order valence-electron chi connectivity index (χ3n) is 4.40. The summed E-state index contributed by atoms with van der Waals surface area (Å²) in [5.74, 6) is -2.06. The van der Waals surface area contributed by atoms with Gasteiger partial charge >= 0.3 is 12.3 Å². The maximum Gasteiger partial charge on any atom is 0.586 e. The lowest BCUT2D eigenvalue weighted by molar-refractivity contribution is -0.286. The molecule has 1 saturated carbocycles. The number of rotatable bonds is 4. The Kier molecular flexibility index (Phi) is 3.57. The Morgan fingerprint density at radius 1 is 1.12 bits per heavy atom. The third-order valence-corrected chi connectivity index (χ3v) is 4.40. The molecule has 134 valence electrons. The second kappa shape index (κ2) is 5.69. The van der Waals surface area contributed by atoms with Crippen molar-refractivity contribution in [2.75, 3.05) is 5.32 Å². The minimum Gasteiger partial charge on any atom is -0.478 e. The third kappa shape index (κ3) is 2.94. The molecule has 4 rings (SSSR count). The molecule has 2 unspecified atom stereocenters. The Morgan fingerprint density at radius 2 is 1.85 bits per heavy atom. The van der Waals surface area contributed by atoms with Crippen molar-refractivity contribution in [3.63, 3.8) is 0 Å². The van der Waals surface area contributed by atoms with E-state index in [0.29, 0.717) is 12.0 Å². The average Bonchev–Trinajstić information content (AvgIpc) is 3.31. The van der Waals surface area contributed by atoms with Crippen molar-refractivity contribution < 1.29 is 33.0 Å². The molecule has 6 nitrogen and oxygen atoms in total. The molecule has 0 radical (unpaired) electrons. The van der Waals surface area contributed by atoms with Crippen LogP contribution in [0, 0.1) is 5.92 Å². The van der Waals surface area contributed by atoms with Crippen LogP contribution in [0.15, 0.2) is 42.5 Å². The predicted octanol–water partition coefficient (Wildman–Crippen LogP) is 3.45. The first-order valence-electron chi connectivity index (χ1n) is 7.87. The van der Waals surface area contributed by atoms with Crippen molar-refractivity contribution in [3.8, 4) is 11.5 Å². The molecule has 1 fully saturated rings. The second-order valence-corrected chi connectivity index (χ2v) is 6.16. The lowest BCUT2D eigenvalue weighted by Crippen LogP contribution is -2.25. The molecule has 8 heteroatoms. The Balaban J connectivity index is 1.46. The molecule has 26 heavy (non-hydrogen) atoms. The maximum absolute atomic E-state index is 13.1. The minimum absolute atomic E-state index is 0.00311. The molecule has 1 aliphatic carbocycles. The van der Waals surface area contributed by atoms with Gasteiger partial charge in [0, 0.05) is 5.92 Å². The zero-order chi connectivity index (χ0) is 18.5. The minimum atomic E-state index is -3.68. The number of carboxylic acids is 1. The summed E-state index contributed by atoms with van der Waals surface area (Å²) < 4.78 is 34.9. The van der Waals surface area contributed by atoms with E-state index in [9.17, 15) is 18.4 Å². The Bertz CT molecular complexity index is 914. The number of ether oxygens (including phenoxy) is 2. The lowest BCUT2D eigenvalue weighted by atomic mass is 10.1. The quantitative estimate of drug-likeness (QED) is 0.871. The van der Waals surface area contributed by atoms with E-state index in [1.807, 2.05) is 0 Å². The van der Waals surface area contributed by atoms with Crippen LogP contribution in [0.1, 0.15) is 28.3 Å². The highest BCUT2D eigenvalue weighted by molar-refractivity contribution is 6.02. The number of hydrogen-bond acceptors (Lipinski definition) is 4. The zero-order valence-corrected chi connectivity index (χ0v) is 13.2. The van der Waals surface area contributed by atoms with Gasteiger partial charge in [0.1, 0.15) is 0 Å². The molecule has 2 N–H and O–H groups in total. The molecule has 1 aliphatic heterocycles. The fourth-order valence-electron chi connectivity index (χ4n) is 3.05. The molecule has 1 heterocycles. The van der Waals surface area contributed by atoms with Crippen LogP contribution in [-0.2, 0) is 4.79 Å². The van der Waals surface area contributed by atoms with Crippen molar-refractivity contribution in [1.82, 2.24) is 0 Å². The fraction of sp³-hybridized carbons (Fsp3) is 0.222. The second-order valence-electron chi connectivity index (χ2n) is 6.16. The predicted molar refractivity (Wildman–Crippen MR) is 85.5 cm³/mol. The van der Waals surface area contributed by atoms with Gasteiger partial charge in [-0.15, -0.1) is 8.78 Å². The van der Waals surface area contributed by atoms with E-state index in [4.69, 9.17) is 5.11 Å². The number of aromatic carboxylic acids is 1. The zero-order valence-electron chi connectivity index (χ0n) is 13.2. The number of carboxylic acid groups (broad SMARTS) is 1. The number of carbonyl (C=O) groups is 2. The van der Waals surface area contributed by atoms with Crippen molar-refractivity contribution in [2.24, 2.45) is 5.92 Å². The molecule has 2 aliphatic rings. The number of amides is 1. The number of carbonyl (C=O) groups excluding carboxylic acids is 1. The summed E-state index contributed by atoms with van der Waals surface area (Å²) in [5.41, 5.74) is 0.918. The Labute approximate surface area is 146 Å². The van der Waals surface area contributed by atoms with Crippen LogP contribution in [-0.4, -0.2) is 23.3 Å². The summed E-state index contributed by atoms with van der Waals surface area (Å²) in [6, 6.07) is 10.6. The number of fused-ring (bicyclic) bond motifs is 1. The SMILES string of the molecule is O=C(O)c1ccccc1NC(=O)C1CC1c1ccc2c(c1)OC(F)(F)O2. The first-order chi connectivity index (χ1) is 12.3. The molecule has 2 aromatic carbocycles. The van der Waals surface area contributed by atoms with Crippen LogP contribution in [0.25, 0.3) is 0 Å². The highest BCUT2D eigenvalue weighted by Crippen LogP contribution is 2.51. The molecule has 2 aromatic rings. The van der Waals surface area contributed by atoms with Crippen molar-refractivity contribution in [1.29, 1.82) is 0 Å². The van der Waals surface area contributed by atoms with E-state index < -0.39 is 12.3 Å². The van der Waals surface area contributed by atoms with Gasteiger partial charge in [0.2, 0.25) is 5.91 Å². The van der Waals surface area contributed by atoms with E-state index in [2.05, 4.69) is 14.8 Å². The van der Waals surface area contributed by atoms with Gasteiger partial charge in [0.25, 0.3) is 0 Å². The molecule has 0 bridgehead atoms. The van der Waals surface area contributed by atoms with Gasteiger partial charge in [-0.25, -0.2) is 4.79 Å². The van der Waals surface area contributed by atoms with Gasteiger partial charge in [0.15, 0.2) is 11.5 Å². The Morgan fingerprint density at radius 3 is 2.62 bits per heavy atom. The first-order valence-corrected chi connectivity index (χ1v) is 7.87.